The van der Waals surface area contributed by atoms with E-state index in [2.05, 4.69) is 85.9 Å². The van der Waals surface area contributed by atoms with Gasteiger partial charge in [0.05, 0.1) is 6.61 Å². The number of hydrogen-bond acceptors (Lipinski definition) is 3. The Morgan fingerprint density at radius 1 is 0.781 bits per heavy atom. The third-order valence-electron chi connectivity index (χ3n) is 5.10. The van der Waals surface area contributed by atoms with Crippen molar-refractivity contribution in [2.24, 2.45) is 0 Å². The second kappa shape index (κ2) is 14.2. The molecule has 0 aliphatic rings. The number of aliphatic hydroxyl groups excluding tert-OH is 1. The Hall–Kier alpha value is -2.88. The molecule has 170 valence electrons. The number of aliphatic hydroxyl groups is 1. The lowest BCUT2D eigenvalue weighted by molar-refractivity contribution is 0.276. The summed E-state index contributed by atoms with van der Waals surface area (Å²) >= 11 is 0. The number of aryl methyl sites for hydroxylation is 1. The highest BCUT2D eigenvalue weighted by molar-refractivity contribution is 5.98. The van der Waals surface area contributed by atoms with Crippen molar-refractivity contribution in [2.45, 2.75) is 34.1 Å². The van der Waals surface area contributed by atoms with Crippen LogP contribution in [0.5, 0.6) is 5.75 Å². The molecule has 0 aromatic heterocycles. The Bertz CT molecular complexity index is 929. The zero-order valence-corrected chi connectivity index (χ0v) is 19.9. The Morgan fingerprint density at radius 2 is 1.38 bits per heavy atom. The van der Waals surface area contributed by atoms with Crippen LogP contribution in [0.2, 0.25) is 0 Å². The van der Waals surface area contributed by atoms with Crippen LogP contribution < -0.4 is 10.1 Å². The number of ether oxygens (including phenoxy) is 1. The Morgan fingerprint density at radius 3 is 1.94 bits per heavy atom. The van der Waals surface area contributed by atoms with Crippen molar-refractivity contribution < 1.29 is 9.84 Å². The number of hydrogen-bond donors (Lipinski definition) is 2. The molecular weight excluding hydrogens is 394 g/mol. The van der Waals surface area contributed by atoms with E-state index in [1.807, 2.05) is 26.0 Å². The average Bonchev–Trinajstić information content (AvgIpc) is 2.85. The molecule has 2 N–H and O–H groups in total. The molecule has 3 rings (SSSR count). The van der Waals surface area contributed by atoms with Gasteiger partial charge in [-0.05, 0) is 53.3 Å². The molecule has 0 atom stereocenters. The minimum Gasteiger partial charge on any atom is -0.492 e. The van der Waals surface area contributed by atoms with Gasteiger partial charge in [0.15, 0.2) is 0 Å². The number of rotatable bonds is 10. The lowest BCUT2D eigenvalue weighted by Gasteiger charge is -2.17. The fourth-order valence-corrected chi connectivity index (χ4v) is 3.56. The summed E-state index contributed by atoms with van der Waals surface area (Å²) in [7, 11) is 0. The predicted molar refractivity (Wildman–Crippen MR) is 137 cm³/mol. The molecule has 0 saturated carbocycles. The van der Waals surface area contributed by atoms with E-state index in [9.17, 15) is 0 Å². The van der Waals surface area contributed by atoms with Gasteiger partial charge in [0.1, 0.15) is 12.4 Å². The summed E-state index contributed by atoms with van der Waals surface area (Å²) in [6, 6.07) is 27.7. The first-order chi connectivity index (χ1) is 15.7. The third-order valence-corrected chi connectivity index (χ3v) is 5.10. The van der Waals surface area contributed by atoms with Crippen molar-refractivity contribution >= 4 is 11.1 Å². The highest BCUT2D eigenvalue weighted by Gasteiger charge is 2.13. The van der Waals surface area contributed by atoms with Crippen LogP contribution in [0.15, 0.2) is 78.9 Å². The summed E-state index contributed by atoms with van der Waals surface area (Å²) in [5.74, 6) is 0.852. The Balaban J connectivity index is 0.00000176. The topological polar surface area (TPSA) is 41.5 Å². The van der Waals surface area contributed by atoms with Crippen molar-refractivity contribution in [1.29, 1.82) is 0 Å². The molecule has 0 amide bonds. The molecule has 3 aromatic rings. The lowest BCUT2D eigenvalue weighted by atomic mass is 9.88. The first-order valence-electron chi connectivity index (χ1n) is 11.6. The molecule has 0 fully saturated rings. The normalized spacial score (nSPS) is 11.3. The minimum absolute atomic E-state index is 0.143. The van der Waals surface area contributed by atoms with Gasteiger partial charge in [0.25, 0.3) is 0 Å². The van der Waals surface area contributed by atoms with Crippen molar-refractivity contribution in [3.8, 4) is 5.75 Å². The van der Waals surface area contributed by atoms with Gasteiger partial charge >= 0.3 is 0 Å². The van der Waals surface area contributed by atoms with Gasteiger partial charge in [-0.2, -0.15) is 0 Å². The van der Waals surface area contributed by atoms with Crippen molar-refractivity contribution in [3.05, 3.63) is 101 Å². The molecule has 3 heteroatoms. The number of nitrogens with one attached hydrogen (secondary N) is 1. The van der Waals surface area contributed by atoms with Gasteiger partial charge in [0, 0.05) is 13.1 Å². The van der Waals surface area contributed by atoms with E-state index in [1.165, 1.54) is 33.4 Å². The molecule has 0 radical (unpaired) electrons. The highest BCUT2D eigenvalue weighted by atomic mass is 16.5. The van der Waals surface area contributed by atoms with Gasteiger partial charge in [-0.3, -0.25) is 0 Å². The fourth-order valence-electron chi connectivity index (χ4n) is 3.56. The van der Waals surface area contributed by atoms with Crippen LogP contribution >= 0.6 is 0 Å². The Kier molecular flexibility index (Phi) is 11.3. The monoisotopic (exact) mass is 431 g/mol. The van der Waals surface area contributed by atoms with Gasteiger partial charge in [-0.25, -0.2) is 0 Å². The van der Waals surface area contributed by atoms with E-state index in [1.54, 1.807) is 0 Å². The van der Waals surface area contributed by atoms with E-state index in [0.717, 1.165) is 12.2 Å². The summed E-state index contributed by atoms with van der Waals surface area (Å²) in [5, 5.41) is 11.9. The first-order valence-corrected chi connectivity index (χ1v) is 11.6. The smallest absolute Gasteiger partial charge is 0.119 e. The minimum atomic E-state index is 0.143. The summed E-state index contributed by atoms with van der Waals surface area (Å²) in [4.78, 5) is 0. The van der Waals surface area contributed by atoms with E-state index in [-0.39, 0.29) is 6.61 Å². The molecule has 3 nitrogen and oxygen atoms in total. The van der Waals surface area contributed by atoms with Crippen LogP contribution in [-0.2, 0) is 0 Å². The van der Waals surface area contributed by atoms with Gasteiger partial charge in [0.2, 0.25) is 0 Å². The summed E-state index contributed by atoms with van der Waals surface area (Å²) in [6.07, 6.45) is 0.946. The van der Waals surface area contributed by atoms with Crippen LogP contribution in [0.3, 0.4) is 0 Å². The largest absolute Gasteiger partial charge is 0.492 e. The molecule has 0 spiro atoms. The maximum atomic E-state index is 8.81. The molecule has 0 saturated heterocycles. The van der Waals surface area contributed by atoms with E-state index in [0.29, 0.717) is 19.7 Å². The molecule has 32 heavy (non-hydrogen) atoms. The first kappa shape index (κ1) is 25.4. The predicted octanol–water partition coefficient (Wildman–Crippen LogP) is 6.35. The Labute approximate surface area is 193 Å². The zero-order chi connectivity index (χ0) is 23.2. The maximum Gasteiger partial charge on any atom is 0.119 e. The van der Waals surface area contributed by atoms with Crippen LogP contribution in [0, 0.1) is 6.92 Å². The number of allylic oxidation sites excluding steroid dienone is 1. The van der Waals surface area contributed by atoms with Gasteiger partial charge < -0.3 is 15.2 Å². The third kappa shape index (κ3) is 7.37. The van der Waals surface area contributed by atoms with Crippen LogP contribution in [0.25, 0.3) is 11.1 Å². The molecule has 3 aromatic carbocycles. The van der Waals surface area contributed by atoms with Crippen molar-refractivity contribution in [3.63, 3.8) is 0 Å². The number of benzene rings is 3. The second-order valence-corrected chi connectivity index (χ2v) is 7.29. The average molecular weight is 432 g/mol. The molecule has 0 aliphatic heterocycles. The standard InChI is InChI=1S/C27H31NO2.C2H6/c1-3-26(22-7-5-4-6-8-22)27(23-11-9-21(2)10-12-23)24-13-15-25(16-14-24)30-20-18-28-17-19-29;1-2/h4-16,28-29H,3,17-20H2,1-2H3;1-2H3/b27-26-;. The van der Waals surface area contributed by atoms with E-state index < -0.39 is 0 Å². The molecule has 0 heterocycles. The fraction of sp³-hybridized carbons (Fsp3) is 0.310. The summed E-state index contributed by atoms with van der Waals surface area (Å²) in [6.45, 7) is 10.4. The van der Waals surface area contributed by atoms with Gasteiger partial charge in [-0.15, -0.1) is 0 Å². The van der Waals surface area contributed by atoms with Crippen LogP contribution in [-0.4, -0.2) is 31.4 Å². The molecule has 0 bridgehead atoms. The zero-order valence-electron chi connectivity index (χ0n) is 19.9. The van der Waals surface area contributed by atoms with Crippen molar-refractivity contribution in [1.82, 2.24) is 5.32 Å². The van der Waals surface area contributed by atoms with Crippen LogP contribution in [0.1, 0.15) is 49.4 Å². The summed E-state index contributed by atoms with van der Waals surface area (Å²) < 4.78 is 5.82. The van der Waals surface area contributed by atoms with Crippen LogP contribution in [0.4, 0.5) is 0 Å². The molecule has 0 aliphatic carbocycles. The van der Waals surface area contributed by atoms with E-state index in [4.69, 9.17) is 9.84 Å². The maximum absolute atomic E-state index is 8.81. The summed E-state index contributed by atoms with van der Waals surface area (Å²) in [5.41, 5.74) is 7.52. The SMILES string of the molecule is CC.CC/C(=C(\c1ccc(C)cc1)c1ccc(OCCNCCO)cc1)c1ccccc1. The lowest BCUT2D eigenvalue weighted by Crippen LogP contribution is -2.23. The second-order valence-electron chi connectivity index (χ2n) is 7.29. The molecule has 0 unspecified atom stereocenters. The quantitative estimate of drug-likeness (QED) is 0.290. The highest BCUT2D eigenvalue weighted by Crippen LogP contribution is 2.35. The van der Waals surface area contributed by atoms with E-state index >= 15 is 0 Å². The molecular formula is C29H37NO2. The van der Waals surface area contributed by atoms with Gasteiger partial charge in [-0.1, -0.05) is 93.1 Å². The van der Waals surface area contributed by atoms with Crippen molar-refractivity contribution in [2.75, 3.05) is 26.3 Å².